The molecule has 1 unspecified atom stereocenters. The molecule has 3 nitrogen and oxygen atoms in total. The van der Waals surface area contributed by atoms with Gasteiger partial charge in [0.1, 0.15) is 11.5 Å². The zero-order chi connectivity index (χ0) is 15.5. The van der Waals surface area contributed by atoms with Crippen molar-refractivity contribution >= 4 is 0 Å². The molecular formula is C19H23NO2. The van der Waals surface area contributed by atoms with Crippen molar-refractivity contribution in [3.63, 3.8) is 0 Å². The van der Waals surface area contributed by atoms with Gasteiger partial charge in [0.25, 0.3) is 0 Å². The monoisotopic (exact) mass is 297 g/mol. The Kier molecular flexibility index (Phi) is 4.34. The maximum absolute atomic E-state index is 5.59. The summed E-state index contributed by atoms with van der Waals surface area (Å²) in [6.07, 6.45) is 2.05. The first-order valence-electron chi connectivity index (χ1n) is 7.83. The zero-order valence-corrected chi connectivity index (χ0v) is 13.5. The molecule has 3 heteroatoms. The van der Waals surface area contributed by atoms with Gasteiger partial charge in [-0.2, -0.15) is 0 Å². The Hall–Kier alpha value is -2.00. The lowest BCUT2D eigenvalue weighted by atomic mass is 9.88. The van der Waals surface area contributed by atoms with Crippen LogP contribution in [0.1, 0.15) is 35.2 Å². The van der Waals surface area contributed by atoms with Gasteiger partial charge in [-0.1, -0.05) is 25.1 Å². The number of nitrogens with one attached hydrogen (secondary N) is 1. The van der Waals surface area contributed by atoms with E-state index in [0.29, 0.717) is 0 Å². The SMILES string of the molecule is CCc1ccc(OC)c(C2NCCc3cc(OC)ccc32)c1. The highest BCUT2D eigenvalue weighted by Gasteiger charge is 2.24. The van der Waals surface area contributed by atoms with Crippen LogP contribution in [0.2, 0.25) is 0 Å². The number of ether oxygens (including phenoxy) is 2. The van der Waals surface area contributed by atoms with Gasteiger partial charge < -0.3 is 14.8 Å². The first kappa shape index (κ1) is 14.9. The summed E-state index contributed by atoms with van der Waals surface area (Å²) in [4.78, 5) is 0. The van der Waals surface area contributed by atoms with E-state index in [1.165, 1.54) is 22.3 Å². The standard InChI is InChI=1S/C19H23NO2/c1-4-13-5-8-18(22-3)17(11-13)19-16-7-6-15(21-2)12-14(16)9-10-20-19/h5-8,11-12,19-20H,4,9-10H2,1-3H3. The van der Waals surface area contributed by atoms with Crippen molar-refractivity contribution in [1.82, 2.24) is 5.32 Å². The van der Waals surface area contributed by atoms with Gasteiger partial charge in [0.05, 0.1) is 20.3 Å². The largest absolute Gasteiger partial charge is 0.497 e. The number of hydrogen-bond acceptors (Lipinski definition) is 3. The van der Waals surface area contributed by atoms with Crippen molar-refractivity contribution in [2.75, 3.05) is 20.8 Å². The highest BCUT2D eigenvalue weighted by molar-refractivity contribution is 5.48. The molecule has 2 aromatic rings. The summed E-state index contributed by atoms with van der Waals surface area (Å²) in [6, 6.07) is 13.0. The molecule has 0 fully saturated rings. The third-order valence-electron chi connectivity index (χ3n) is 4.42. The summed E-state index contributed by atoms with van der Waals surface area (Å²) >= 11 is 0. The average Bonchev–Trinajstić information content (AvgIpc) is 2.60. The normalized spacial score (nSPS) is 17.0. The van der Waals surface area contributed by atoms with Gasteiger partial charge >= 0.3 is 0 Å². The Bertz CT molecular complexity index is 666. The summed E-state index contributed by atoms with van der Waals surface area (Å²) in [6.45, 7) is 3.14. The van der Waals surface area contributed by atoms with Crippen LogP contribution in [-0.4, -0.2) is 20.8 Å². The van der Waals surface area contributed by atoms with E-state index in [9.17, 15) is 0 Å². The summed E-state index contributed by atoms with van der Waals surface area (Å²) in [5, 5.41) is 3.63. The highest BCUT2D eigenvalue weighted by Crippen LogP contribution is 2.36. The molecule has 0 saturated heterocycles. The van der Waals surface area contributed by atoms with Crippen LogP contribution in [0, 0.1) is 0 Å². The van der Waals surface area contributed by atoms with E-state index in [4.69, 9.17) is 9.47 Å². The van der Waals surface area contributed by atoms with E-state index in [1.54, 1.807) is 14.2 Å². The van der Waals surface area contributed by atoms with Gasteiger partial charge in [-0.3, -0.25) is 0 Å². The van der Waals surface area contributed by atoms with Crippen LogP contribution >= 0.6 is 0 Å². The van der Waals surface area contributed by atoms with Gasteiger partial charge in [-0.15, -0.1) is 0 Å². The maximum atomic E-state index is 5.59. The van der Waals surface area contributed by atoms with Crippen molar-refractivity contribution in [2.24, 2.45) is 0 Å². The van der Waals surface area contributed by atoms with E-state index in [2.05, 4.69) is 42.6 Å². The molecule has 1 aliphatic heterocycles. The summed E-state index contributed by atoms with van der Waals surface area (Å²) in [5.74, 6) is 1.87. The Morgan fingerprint density at radius 3 is 2.64 bits per heavy atom. The molecule has 1 aliphatic rings. The first-order valence-corrected chi connectivity index (χ1v) is 7.83. The molecule has 0 radical (unpaired) electrons. The number of aryl methyl sites for hydroxylation is 1. The number of hydrogen-bond donors (Lipinski definition) is 1. The quantitative estimate of drug-likeness (QED) is 0.937. The summed E-state index contributed by atoms with van der Waals surface area (Å²) in [5.41, 5.74) is 5.22. The van der Waals surface area contributed by atoms with Crippen LogP contribution in [0.5, 0.6) is 11.5 Å². The van der Waals surface area contributed by atoms with Crippen LogP contribution in [-0.2, 0) is 12.8 Å². The Morgan fingerprint density at radius 1 is 1.05 bits per heavy atom. The van der Waals surface area contributed by atoms with Gasteiger partial charge in [-0.25, -0.2) is 0 Å². The van der Waals surface area contributed by atoms with Gasteiger partial charge in [-0.05, 0) is 47.7 Å². The molecule has 3 rings (SSSR count). The fraction of sp³-hybridized carbons (Fsp3) is 0.368. The lowest BCUT2D eigenvalue weighted by molar-refractivity contribution is 0.401. The second-order valence-electron chi connectivity index (χ2n) is 5.63. The second-order valence-corrected chi connectivity index (χ2v) is 5.63. The van der Waals surface area contributed by atoms with Crippen LogP contribution in [0.25, 0.3) is 0 Å². The predicted molar refractivity (Wildman–Crippen MR) is 88.9 cm³/mol. The number of methoxy groups -OCH3 is 2. The van der Waals surface area contributed by atoms with Crippen molar-refractivity contribution < 1.29 is 9.47 Å². The molecule has 2 aromatic carbocycles. The van der Waals surface area contributed by atoms with E-state index < -0.39 is 0 Å². The molecule has 1 atom stereocenters. The van der Waals surface area contributed by atoms with Crippen LogP contribution in [0.15, 0.2) is 36.4 Å². The topological polar surface area (TPSA) is 30.5 Å². The molecule has 0 saturated carbocycles. The Labute approximate surface area is 132 Å². The van der Waals surface area contributed by atoms with Crippen molar-refractivity contribution in [3.05, 3.63) is 58.7 Å². The highest BCUT2D eigenvalue weighted by atomic mass is 16.5. The lowest BCUT2D eigenvalue weighted by Crippen LogP contribution is -2.31. The third kappa shape index (κ3) is 2.69. The van der Waals surface area contributed by atoms with E-state index in [1.807, 2.05) is 6.07 Å². The molecule has 116 valence electrons. The average molecular weight is 297 g/mol. The Balaban J connectivity index is 2.07. The van der Waals surface area contributed by atoms with Crippen LogP contribution < -0.4 is 14.8 Å². The summed E-state index contributed by atoms with van der Waals surface area (Å²) in [7, 11) is 3.45. The second kappa shape index (κ2) is 6.41. The van der Waals surface area contributed by atoms with Gasteiger partial charge in [0.2, 0.25) is 0 Å². The minimum Gasteiger partial charge on any atom is -0.497 e. The third-order valence-corrected chi connectivity index (χ3v) is 4.42. The molecule has 0 bridgehead atoms. The number of rotatable bonds is 4. The van der Waals surface area contributed by atoms with Gasteiger partial charge in [0.15, 0.2) is 0 Å². The fourth-order valence-corrected chi connectivity index (χ4v) is 3.18. The lowest BCUT2D eigenvalue weighted by Gasteiger charge is -2.29. The minimum absolute atomic E-state index is 0.177. The Morgan fingerprint density at radius 2 is 1.91 bits per heavy atom. The smallest absolute Gasteiger partial charge is 0.123 e. The van der Waals surface area contributed by atoms with E-state index in [0.717, 1.165) is 30.9 Å². The van der Waals surface area contributed by atoms with Crippen molar-refractivity contribution in [1.29, 1.82) is 0 Å². The van der Waals surface area contributed by atoms with E-state index in [-0.39, 0.29) is 6.04 Å². The molecule has 22 heavy (non-hydrogen) atoms. The van der Waals surface area contributed by atoms with Crippen LogP contribution in [0.3, 0.4) is 0 Å². The predicted octanol–water partition coefficient (Wildman–Crippen LogP) is 3.50. The summed E-state index contributed by atoms with van der Waals surface area (Å²) < 4.78 is 11.0. The van der Waals surface area contributed by atoms with Crippen molar-refractivity contribution in [3.8, 4) is 11.5 Å². The first-order chi connectivity index (χ1) is 10.8. The van der Waals surface area contributed by atoms with E-state index >= 15 is 0 Å². The molecule has 1 N–H and O–H groups in total. The van der Waals surface area contributed by atoms with Crippen molar-refractivity contribution in [2.45, 2.75) is 25.8 Å². The number of benzene rings is 2. The molecule has 1 heterocycles. The minimum atomic E-state index is 0.177. The molecular weight excluding hydrogens is 274 g/mol. The van der Waals surface area contributed by atoms with Gasteiger partial charge in [0, 0.05) is 12.1 Å². The molecule has 0 aliphatic carbocycles. The fourth-order valence-electron chi connectivity index (χ4n) is 3.18. The molecule has 0 aromatic heterocycles. The number of fused-ring (bicyclic) bond motifs is 1. The van der Waals surface area contributed by atoms with Crippen LogP contribution in [0.4, 0.5) is 0 Å². The molecule has 0 spiro atoms. The molecule has 0 amide bonds. The zero-order valence-electron chi connectivity index (χ0n) is 13.5. The maximum Gasteiger partial charge on any atom is 0.123 e.